The number of unbranched alkanes of at least 4 members (excludes halogenated alkanes) is 1. The maximum atomic E-state index is 13.1. The van der Waals surface area contributed by atoms with Crippen molar-refractivity contribution in [3.63, 3.8) is 0 Å². The summed E-state index contributed by atoms with van der Waals surface area (Å²) in [6, 6.07) is 13.0. The minimum Gasteiger partial charge on any atom is -0.495 e. The third kappa shape index (κ3) is 4.85. The molecule has 2 aromatic carbocycles. The summed E-state index contributed by atoms with van der Waals surface area (Å²) in [5.41, 5.74) is 1.84. The van der Waals surface area contributed by atoms with Gasteiger partial charge in [-0.25, -0.2) is 8.42 Å². The summed E-state index contributed by atoms with van der Waals surface area (Å²) in [4.78, 5) is 2.49. The molecule has 7 heteroatoms. The Kier molecular flexibility index (Phi) is 7.03. The molecule has 1 heterocycles. The molecule has 0 N–H and O–H groups in total. The Bertz CT molecular complexity index is 922. The second kappa shape index (κ2) is 9.50. The number of aryl methyl sites for hydroxylation is 1. The van der Waals surface area contributed by atoms with E-state index in [1.807, 2.05) is 31.2 Å². The molecule has 0 bridgehead atoms. The smallest absolute Gasteiger partial charge is 0.243 e. The topological polar surface area (TPSA) is 59.1 Å². The lowest BCUT2D eigenvalue weighted by molar-refractivity contribution is 0.307. The van der Waals surface area contributed by atoms with E-state index in [4.69, 9.17) is 9.47 Å². The standard InChI is InChI=1S/C22H30N2O4S/c1-4-5-16-28-21-11-10-19(17-18(21)2)29(25,26)24-14-12-23(13-15-24)20-8-6-7-9-22(20)27-3/h6-11,17H,4-5,12-16H2,1-3H3. The van der Waals surface area contributed by atoms with Crippen molar-refractivity contribution < 1.29 is 17.9 Å². The molecule has 0 atom stereocenters. The Morgan fingerprint density at radius 1 is 1.00 bits per heavy atom. The summed E-state index contributed by atoms with van der Waals surface area (Å²) < 4.78 is 39.0. The van der Waals surface area contributed by atoms with Gasteiger partial charge in [0.25, 0.3) is 0 Å². The SMILES string of the molecule is CCCCOc1ccc(S(=O)(=O)N2CCN(c3ccccc3OC)CC2)cc1C. The van der Waals surface area contributed by atoms with Crippen LogP contribution >= 0.6 is 0 Å². The summed E-state index contributed by atoms with van der Waals surface area (Å²) in [6.07, 6.45) is 2.04. The van der Waals surface area contributed by atoms with Crippen molar-refractivity contribution in [2.75, 3.05) is 44.8 Å². The first-order valence-electron chi connectivity index (χ1n) is 10.1. The molecule has 158 valence electrons. The van der Waals surface area contributed by atoms with E-state index in [0.29, 0.717) is 37.7 Å². The Hall–Kier alpha value is -2.25. The second-order valence-corrected chi connectivity index (χ2v) is 9.13. The highest BCUT2D eigenvalue weighted by Crippen LogP contribution is 2.30. The van der Waals surface area contributed by atoms with E-state index in [0.717, 1.165) is 35.6 Å². The zero-order chi connectivity index (χ0) is 20.9. The van der Waals surface area contributed by atoms with Gasteiger partial charge in [-0.2, -0.15) is 4.31 Å². The summed E-state index contributed by atoms with van der Waals surface area (Å²) in [5, 5.41) is 0. The summed E-state index contributed by atoms with van der Waals surface area (Å²) in [6.45, 7) is 6.77. The molecule has 0 aromatic heterocycles. The van der Waals surface area contributed by atoms with Crippen molar-refractivity contribution in [1.29, 1.82) is 0 Å². The van der Waals surface area contributed by atoms with Gasteiger partial charge >= 0.3 is 0 Å². The molecule has 0 aliphatic carbocycles. The van der Waals surface area contributed by atoms with Crippen LogP contribution in [0.5, 0.6) is 11.5 Å². The number of para-hydroxylation sites is 2. The molecule has 6 nitrogen and oxygen atoms in total. The molecule has 1 aliphatic heterocycles. The van der Waals surface area contributed by atoms with E-state index in [-0.39, 0.29) is 0 Å². The number of piperazine rings is 1. The fourth-order valence-electron chi connectivity index (χ4n) is 3.48. The highest BCUT2D eigenvalue weighted by molar-refractivity contribution is 7.89. The maximum absolute atomic E-state index is 13.1. The van der Waals surface area contributed by atoms with Crippen LogP contribution in [0.15, 0.2) is 47.4 Å². The number of rotatable bonds is 8. The number of anilines is 1. The zero-order valence-electron chi connectivity index (χ0n) is 17.4. The fraction of sp³-hybridized carbons (Fsp3) is 0.455. The molecule has 0 saturated carbocycles. The van der Waals surface area contributed by atoms with Crippen LogP contribution in [-0.4, -0.2) is 52.6 Å². The number of methoxy groups -OCH3 is 1. The van der Waals surface area contributed by atoms with Gasteiger partial charge in [-0.3, -0.25) is 0 Å². The molecule has 0 unspecified atom stereocenters. The monoisotopic (exact) mass is 418 g/mol. The van der Waals surface area contributed by atoms with Gasteiger partial charge in [-0.15, -0.1) is 0 Å². The van der Waals surface area contributed by atoms with Gasteiger partial charge in [0.1, 0.15) is 11.5 Å². The lowest BCUT2D eigenvalue weighted by atomic mass is 10.2. The molecule has 0 amide bonds. The van der Waals surface area contributed by atoms with E-state index in [2.05, 4.69) is 11.8 Å². The summed E-state index contributed by atoms with van der Waals surface area (Å²) in [5.74, 6) is 1.55. The largest absolute Gasteiger partial charge is 0.495 e. The number of ether oxygens (including phenoxy) is 2. The van der Waals surface area contributed by atoms with Crippen LogP contribution in [0.2, 0.25) is 0 Å². The van der Waals surface area contributed by atoms with Gasteiger partial charge in [0.15, 0.2) is 0 Å². The van der Waals surface area contributed by atoms with E-state index in [1.54, 1.807) is 29.6 Å². The highest BCUT2D eigenvalue weighted by atomic mass is 32.2. The molecule has 1 fully saturated rings. The third-order valence-electron chi connectivity index (χ3n) is 5.20. The van der Waals surface area contributed by atoms with Gasteiger partial charge in [0, 0.05) is 26.2 Å². The lowest BCUT2D eigenvalue weighted by Crippen LogP contribution is -2.48. The minimum atomic E-state index is -3.53. The van der Waals surface area contributed by atoms with E-state index in [9.17, 15) is 8.42 Å². The number of benzene rings is 2. The first kappa shape index (κ1) is 21.5. The van der Waals surface area contributed by atoms with E-state index >= 15 is 0 Å². The van der Waals surface area contributed by atoms with Crippen LogP contribution in [0.1, 0.15) is 25.3 Å². The van der Waals surface area contributed by atoms with Gasteiger partial charge in [0.05, 0.1) is 24.3 Å². The van der Waals surface area contributed by atoms with Crippen molar-refractivity contribution in [1.82, 2.24) is 4.31 Å². The highest BCUT2D eigenvalue weighted by Gasteiger charge is 2.29. The molecule has 1 aliphatic rings. The van der Waals surface area contributed by atoms with Crippen molar-refractivity contribution in [2.45, 2.75) is 31.6 Å². The van der Waals surface area contributed by atoms with Crippen LogP contribution in [0.25, 0.3) is 0 Å². The van der Waals surface area contributed by atoms with Crippen LogP contribution in [0, 0.1) is 6.92 Å². The Labute approximate surface area is 174 Å². The first-order valence-corrected chi connectivity index (χ1v) is 11.5. The molecule has 1 saturated heterocycles. The Balaban J connectivity index is 1.69. The van der Waals surface area contributed by atoms with Crippen LogP contribution in [0.4, 0.5) is 5.69 Å². The Morgan fingerprint density at radius 3 is 2.38 bits per heavy atom. The van der Waals surface area contributed by atoms with Gasteiger partial charge in [-0.1, -0.05) is 25.5 Å². The molecule has 29 heavy (non-hydrogen) atoms. The normalized spacial score (nSPS) is 15.3. The minimum absolute atomic E-state index is 0.323. The molecule has 0 radical (unpaired) electrons. The summed E-state index contributed by atoms with van der Waals surface area (Å²) >= 11 is 0. The molecule has 2 aromatic rings. The van der Waals surface area contributed by atoms with E-state index in [1.165, 1.54) is 0 Å². The molecule has 3 rings (SSSR count). The zero-order valence-corrected chi connectivity index (χ0v) is 18.2. The van der Waals surface area contributed by atoms with Gasteiger partial charge in [0.2, 0.25) is 10.0 Å². The number of sulfonamides is 1. The van der Waals surface area contributed by atoms with Crippen LogP contribution in [0.3, 0.4) is 0 Å². The van der Waals surface area contributed by atoms with Crippen molar-refractivity contribution in [3.8, 4) is 11.5 Å². The second-order valence-electron chi connectivity index (χ2n) is 7.19. The van der Waals surface area contributed by atoms with E-state index < -0.39 is 10.0 Å². The molecule has 0 spiro atoms. The molecular formula is C22H30N2O4S. The van der Waals surface area contributed by atoms with Gasteiger partial charge < -0.3 is 14.4 Å². The predicted octanol–water partition coefficient (Wildman–Crippen LogP) is 3.69. The number of hydrogen-bond donors (Lipinski definition) is 0. The average molecular weight is 419 g/mol. The number of hydrogen-bond acceptors (Lipinski definition) is 5. The quantitative estimate of drug-likeness (QED) is 0.612. The summed E-state index contributed by atoms with van der Waals surface area (Å²) in [7, 11) is -1.88. The third-order valence-corrected chi connectivity index (χ3v) is 7.10. The maximum Gasteiger partial charge on any atom is 0.243 e. The van der Waals surface area contributed by atoms with Crippen LogP contribution < -0.4 is 14.4 Å². The fourth-order valence-corrected chi connectivity index (χ4v) is 4.99. The Morgan fingerprint density at radius 2 is 1.72 bits per heavy atom. The molecular weight excluding hydrogens is 388 g/mol. The average Bonchev–Trinajstić information content (AvgIpc) is 2.75. The lowest BCUT2D eigenvalue weighted by Gasteiger charge is -2.36. The number of nitrogens with zero attached hydrogens (tertiary/aromatic N) is 2. The van der Waals surface area contributed by atoms with Gasteiger partial charge in [-0.05, 0) is 49.2 Å². The predicted molar refractivity (Wildman–Crippen MR) is 116 cm³/mol. The van der Waals surface area contributed by atoms with Crippen molar-refractivity contribution >= 4 is 15.7 Å². The van der Waals surface area contributed by atoms with Crippen LogP contribution in [-0.2, 0) is 10.0 Å². The van der Waals surface area contributed by atoms with Crippen molar-refractivity contribution in [3.05, 3.63) is 48.0 Å². The van der Waals surface area contributed by atoms with Crippen molar-refractivity contribution in [2.24, 2.45) is 0 Å². The first-order chi connectivity index (χ1) is 14.0.